The molecule has 1 rings (SSSR count). The summed E-state index contributed by atoms with van der Waals surface area (Å²) in [6.07, 6.45) is 3.83. The molecule has 1 aromatic heterocycles. The number of unbranched alkanes of at least 4 members (excludes halogenated alkanes) is 1. The Kier molecular flexibility index (Phi) is 10.3. The number of carboxylic acids is 2. The number of imidazole rings is 1. The molecule has 0 bridgehead atoms. The molecule has 12 nitrogen and oxygen atoms in total. The number of amides is 2. The van der Waals surface area contributed by atoms with Crippen molar-refractivity contribution in [1.82, 2.24) is 20.6 Å². The van der Waals surface area contributed by atoms with Crippen LogP contribution in [-0.2, 0) is 25.6 Å². The van der Waals surface area contributed by atoms with Gasteiger partial charge in [-0.1, -0.05) is 0 Å². The highest BCUT2D eigenvalue weighted by molar-refractivity contribution is 5.91. The highest BCUT2D eigenvalue weighted by Crippen LogP contribution is 2.05. The van der Waals surface area contributed by atoms with Crippen LogP contribution in [-0.4, -0.2) is 68.6 Å². The van der Waals surface area contributed by atoms with Crippen LogP contribution in [0.5, 0.6) is 0 Å². The summed E-state index contributed by atoms with van der Waals surface area (Å²) in [5, 5.41) is 22.7. The average molecular weight is 412 g/mol. The first-order valence-corrected chi connectivity index (χ1v) is 9.22. The van der Waals surface area contributed by atoms with Gasteiger partial charge >= 0.3 is 11.9 Å². The predicted octanol–water partition coefficient (Wildman–Crippen LogP) is -1.67. The molecular weight excluding hydrogens is 384 g/mol. The van der Waals surface area contributed by atoms with Gasteiger partial charge in [0.2, 0.25) is 11.8 Å². The van der Waals surface area contributed by atoms with E-state index in [1.807, 2.05) is 0 Å². The first kappa shape index (κ1) is 24.0. The number of nitrogens with one attached hydrogen (secondary N) is 3. The fourth-order valence-corrected chi connectivity index (χ4v) is 2.56. The number of carbonyl (C=O) groups is 4. The van der Waals surface area contributed by atoms with E-state index < -0.39 is 48.3 Å². The van der Waals surface area contributed by atoms with E-state index in [2.05, 4.69) is 20.6 Å². The monoisotopic (exact) mass is 412 g/mol. The Morgan fingerprint density at radius 2 is 1.76 bits per heavy atom. The normalized spacial score (nSPS) is 13.9. The second kappa shape index (κ2) is 12.5. The molecule has 0 saturated carbocycles. The molecule has 0 spiro atoms. The van der Waals surface area contributed by atoms with E-state index in [0.717, 1.165) is 0 Å². The summed E-state index contributed by atoms with van der Waals surface area (Å²) in [5.74, 6) is -3.84. The van der Waals surface area contributed by atoms with Gasteiger partial charge in [-0.05, 0) is 32.2 Å². The van der Waals surface area contributed by atoms with Crippen molar-refractivity contribution in [2.75, 3.05) is 6.54 Å². The Balaban J connectivity index is 2.75. The maximum Gasteiger partial charge on any atom is 0.326 e. The van der Waals surface area contributed by atoms with Gasteiger partial charge < -0.3 is 37.3 Å². The lowest BCUT2D eigenvalue weighted by molar-refractivity contribution is -0.143. The van der Waals surface area contributed by atoms with Crippen LogP contribution in [0, 0.1) is 0 Å². The molecule has 29 heavy (non-hydrogen) atoms. The SMILES string of the molecule is NCCCC[C@H](NC(=O)[C@@H](N)Cc1cnc[nH]1)C(=O)N[C@@H](CCC(=O)O)C(=O)O. The van der Waals surface area contributed by atoms with Gasteiger partial charge in [-0.2, -0.15) is 0 Å². The summed E-state index contributed by atoms with van der Waals surface area (Å²) in [6.45, 7) is 0.401. The summed E-state index contributed by atoms with van der Waals surface area (Å²) in [6, 6.07) is -3.35. The third kappa shape index (κ3) is 9.17. The van der Waals surface area contributed by atoms with E-state index in [1.165, 1.54) is 12.5 Å². The fraction of sp³-hybridized carbons (Fsp3) is 0.588. The number of H-pyrrole nitrogens is 1. The predicted molar refractivity (Wildman–Crippen MR) is 102 cm³/mol. The first-order valence-electron chi connectivity index (χ1n) is 9.22. The van der Waals surface area contributed by atoms with Gasteiger partial charge in [-0.15, -0.1) is 0 Å². The van der Waals surface area contributed by atoms with Crippen LogP contribution >= 0.6 is 0 Å². The minimum absolute atomic E-state index is 0.180. The van der Waals surface area contributed by atoms with E-state index >= 15 is 0 Å². The number of aromatic nitrogens is 2. The number of hydrogen-bond acceptors (Lipinski definition) is 7. The Morgan fingerprint density at radius 3 is 2.31 bits per heavy atom. The van der Waals surface area contributed by atoms with Crippen molar-refractivity contribution in [3.05, 3.63) is 18.2 Å². The number of aliphatic carboxylic acids is 2. The number of nitrogens with zero attached hydrogens (tertiary/aromatic N) is 1. The highest BCUT2D eigenvalue weighted by atomic mass is 16.4. The molecule has 1 heterocycles. The summed E-state index contributed by atoms with van der Waals surface area (Å²) in [5.41, 5.74) is 12.0. The zero-order chi connectivity index (χ0) is 21.8. The van der Waals surface area contributed by atoms with E-state index in [-0.39, 0.29) is 19.3 Å². The van der Waals surface area contributed by atoms with Crippen LogP contribution in [0.3, 0.4) is 0 Å². The van der Waals surface area contributed by atoms with Crippen molar-refractivity contribution < 1.29 is 29.4 Å². The van der Waals surface area contributed by atoms with Crippen molar-refractivity contribution in [2.45, 2.75) is 56.7 Å². The van der Waals surface area contributed by atoms with Gasteiger partial charge in [-0.3, -0.25) is 14.4 Å². The second-order valence-corrected chi connectivity index (χ2v) is 6.56. The Hall–Kier alpha value is -2.99. The van der Waals surface area contributed by atoms with Gasteiger partial charge in [0.05, 0.1) is 12.4 Å². The van der Waals surface area contributed by atoms with Crippen molar-refractivity contribution in [3.63, 3.8) is 0 Å². The van der Waals surface area contributed by atoms with Crippen molar-refractivity contribution in [3.8, 4) is 0 Å². The highest BCUT2D eigenvalue weighted by Gasteiger charge is 2.28. The van der Waals surface area contributed by atoms with Gasteiger partial charge in [0.1, 0.15) is 12.1 Å². The molecule has 3 atom stereocenters. The number of carboxylic acid groups (broad SMARTS) is 2. The van der Waals surface area contributed by atoms with Crippen LogP contribution in [0.15, 0.2) is 12.5 Å². The standard InChI is InChI=1S/C17H28N6O6/c18-6-2-1-3-12(16(27)23-13(17(28)29)4-5-14(24)25)22-15(26)11(19)7-10-8-20-9-21-10/h8-9,11-13H,1-7,18-19H2,(H,20,21)(H,22,26)(H,23,27)(H,24,25)(H,28,29)/t11-,12-,13-/m0/s1. The molecule has 0 aliphatic rings. The number of aromatic amines is 1. The van der Waals surface area contributed by atoms with Crippen LogP contribution in [0.1, 0.15) is 37.8 Å². The molecule has 0 aliphatic heterocycles. The number of rotatable bonds is 14. The Morgan fingerprint density at radius 1 is 1.07 bits per heavy atom. The van der Waals surface area contributed by atoms with Crippen molar-refractivity contribution in [2.24, 2.45) is 11.5 Å². The van der Waals surface area contributed by atoms with E-state index in [1.54, 1.807) is 0 Å². The molecule has 0 unspecified atom stereocenters. The van der Waals surface area contributed by atoms with E-state index in [4.69, 9.17) is 16.6 Å². The largest absolute Gasteiger partial charge is 0.481 e. The Bertz CT molecular complexity index is 680. The van der Waals surface area contributed by atoms with E-state index in [9.17, 15) is 24.3 Å². The molecule has 1 aromatic rings. The third-order valence-corrected chi connectivity index (χ3v) is 4.17. The molecule has 0 fully saturated rings. The molecular formula is C17H28N6O6. The van der Waals surface area contributed by atoms with Gasteiger partial charge in [0, 0.05) is 24.7 Å². The maximum absolute atomic E-state index is 12.5. The van der Waals surface area contributed by atoms with Crippen LogP contribution in [0.2, 0.25) is 0 Å². The van der Waals surface area contributed by atoms with E-state index in [0.29, 0.717) is 25.1 Å². The second-order valence-electron chi connectivity index (χ2n) is 6.56. The lowest BCUT2D eigenvalue weighted by Crippen LogP contribution is -2.54. The molecule has 0 aromatic carbocycles. The molecule has 0 aliphatic carbocycles. The quantitative estimate of drug-likeness (QED) is 0.174. The zero-order valence-corrected chi connectivity index (χ0v) is 16.0. The summed E-state index contributed by atoms with van der Waals surface area (Å²) >= 11 is 0. The van der Waals surface area contributed by atoms with Crippen LogP contribution < -0.4 is 22.1 Å². The van der Waals surface area contributed by atoms with Gasteiger partial charge in [0.15, 0.2) is 0 Å². The number of nitrogens with two attached hydrogens (primary N) is 2. The molecule has 2 amide bonds. The smallest absolute Gasteiger partial charge is 0.326 e. The summed E-state index contributed by atoms with van der Waals surface area (Å²) in [7, 11) is 0. The molecule has 162 valence electrons. The molecule has 0 radical (unpaired) electrons. The lowest BCUT2D eigenvalue weighted by atomic mass is 10.1. The lowest BCUT2D eigenvalue weighted by Gasteiger charge is -2.22. The van der Waals surface area contributed by atoms with Crippen molar-refractivity contribution >= 4 is 23.8 Å². The van der Waals surface area contributed by atoms with Gasteiger partial charge in [0.25, 0.3) is 0 Å². The Labute approximate surface area is 167 Å². The zero-order valence-electron chi connectivity index (χ0n) is 16.0. The minimum Gasteiger partial charge on any atom is -0.481 e. The molecule has 9 N–H and O–H groups in total. The van der Waals surface area contributed by atoms with Crippen LogP contribution in [0.25, 0.3) is 0 Å². The summed E-state index contributed by atoms with van der Waals surface area (Å²) < 4.78 is 0. The first-order chi connectivity index (χ1) is 13.7. The third-order valence-electron chi connectivity index (χ3n) is 4.17. The minimum atomic E-state index is -1.38. The number of carbonyl (C=O) groups excluding carboxylic acids is 2. The maximum atomic E-state index is 12.5. The van der Waals surface area contributed by atoms with Gasteiger partial charge in [-0.25, -0.2) is 9.78 Å². The fourth-order valence-electron chi connectivity index (χ4n) is 2.56. The van der Waals surface area contributed by atoms with Crippen molar-refractivity contribution in [1.29, 1.82) is 0 Å². The molecule has 12 heteroatoms. The number of hydrogen-bond donors (Lipinski definition) is 7. The topological polar surface area (TPSA) is 214 Å². The summed E-state index contributed by atoms with van der Waals surface area (Å²) in [4.78, 5) is 53.6. The molecule has 0 saturated heterocycles. The van der Waals surface area contributed by atoms with Crippen LogP contribution in [0.4, 0.5) is 0 Å². The average Bonchev–Trinajstić information content (AvgIpc) is 3.16.